The summed E-state index contributed by atoms with van der Waals surface area (Å²) in [7, 11) is 0. The maximum Gasteiger partial charge on any atom is 0.342 e. The van der Waals surface area contributed by atoms with Crippen molar-refractivity contribution in [2.45, 2.75) is 31.5 Å². The van der Waals surface area contributed by atoms with Gasteiger partial charge in [0, 0.05) is 22.0 Å². The molecule has 31 heavy (non-hydrogen) atoms. The van der Waals surface area contributed by atoms with Gasteiger partial charge in [0.1, 0.15) is 23.1 Å². The quantitative estimate of drug-likeness (QED) is 0.308. The van der Waals surface area contributed by atoms with Gasteiger partial charge < -0.3 is 9.84 Å². The molecular formula is C22H19BrN4O3S. The van der Waals surface area contributed by atoms with Gasteiger partial charge in [-0.2, -0.15) is 5.26 Å². The number of benzene rings is 2. The van der Waals surface area contributed by atoms with E-state index in [1.54, 1.807) is 24.3 Å². The molecule has 0 aliphatic carbocycles. The second-order valence-corrected chi connectivity index (χ2v) is 8.40. The van der Waals surface area contributed by atoms with E-state index in [-0.39, 0.29) is 11.5 Å². The van der Waals surface area contributed by atoms with Gasteiger partial charge in [-0.3, -0.25) is 5.10 Å². The van der Waals surface area contributed by atoms with Crippen LogP contribution in [0, 0.1) is 11.3 Å². The van der Waals surface area contributed by atoms with Crippen LogP contribution in [-0.2, 0) is 17.8 Å². The topological polar surface area (TPSA) is 112 Å². The number of hydrogen-bond acceptors (Lipinski definition) is 6. The molecule has 0 spiro atoms. The van der Waals surface area contributed by atoms with Gasteiger partial charge in [0.15, 0.2) is 0 Å². The summed E-state index contributed by atoms with van der Waals surface area (Å²) in [6.45, 7) is 2.21. The number of aromatic nitrogens is 3. The normalized spacial score (nSPS) is 11.2. The number of ether oxygens (including phenoxy) is 1. The first-order valence-electron chi connectivity index (χ1n) is 9.44. The summed E-state index contributed by atoms with van der Waals surface area (Å²) < 4.78 is 6.71. The zero-order valence-electron chi connectivity index (χ0n) is 16.6. The molecule has 9 heteroatoms. The zero-order valence-corrected chi connectivity index (χ0v) is 19.0. The molecule has 0 saturated carbocycles. The van der Waals surface area contributed by atoms with Gasteiger partial charge >= 0.3 is 5.97 Å². The Balaban J connectivity index is 1.86. The van der Waals surface area contributed by atoms with Crippen LogP contribution in [0.2, 0.25) is 0 Å². The maximum atomic E-state index is 11.9. The van der Waals surface area contributed by atoms with E-state index in [0.717, 1.165) is 40.5 Å². The van der Waals surface area contributed by atoms with Gasteiger partial charge in [0.05, 0.1) is 11.6 Å². The Morgan fingerprint density at radius 1 is 1.35 bits per heavy atom. The molecule has 158 valence electrons. The highest BCUT2D eigenvalue weighted by atomic mass is 79.9. The van der Waals surface area contributed by atoms with Crippen LogP contribution in [0.1, 0.15) is 35.9 Å². The summed E-state index contributed by atoms with van der Waals surface area (Å²) in [5.74, 6) is 0.127. The number of aryl methyl sites for hydroxylation is 1. The van der Waals surface area contributed by atoms with Crippen molar-refractivity contribution in [1.29, 1.82) is 5.26 Å². The van der Waals surface area contributed by atoms with Crippen LogP contribution in [0.15, 0.2) is 57.0 Å². The number of aromatic amines is 1. The molecule has 1 heterocycles. The lowest BCUT2D eigenvalue weighted by atomic mass is 10.1. The van der Waals surface area contributed by atoms with E-state index < -0.39 is 5.97 Å². The molecular weight excluding hydrogens is 480 g/mol. The number of carbonyl (C=O) groups is 1. The van der Waals surface area contributed by atoms with Gasteiger partial charge in [-0.1, -0.05) is 41.1 Å². The van der Waals surface area contributed by atoms with Crippen LogP contribution in [-0.4, -0.2) is 26.3 Å². The second kappa shape index (κ2) is 10.8. The Kier molecular flexibility index (Phi) is 7.87. The molecule has 0 saturated heterocycles. The third kappa shape index (κ3) is 6.20. The first kappa shape index (κ1) is 22.6. The van der Waals surface area contributed by atoms with E-state index >= 15 is 0 Å². The monoisotopic (exact) mass is 498 g/mol. The first-order valence-corrected chi connectivity index (χ1v) is 11.1. The van der Waals surface area contributed by atoms with E-state index in [4.69, 9.17) is 4.74 Å². The number of halogens is 1. The second-order valence-electron chi connectivity index (χ2n) is 6.47. The van der Waals surface area contributed by atoms with Gasteiger partial charge in [0.25, 0.3) is 0 Å². The fraction of sp³-hybridized carbons (Fsp3) is 0.182. The Bertz CT molecular complexity index is 1150. The third-order valence-corrected chi connectivity index (χ3v) is 5.56. The molecule has 3 aromatic rings. The summed E-state index contributed by atoms with van der Waals surface area (Å²) in [6, 6.07) is 14.7. The summed E-state index contributed by atoms with van der Waals surface area (Å²) >= 11 is 4.39. The number of nitrogens with one attached hydrogen (secondary N) is 1. The minimum atomic E-state index is -1.09. The highest BCUT2D eigenvalue weighted by Gasteiger charge is 2.15. The number of carboxylic acids is 1. The number of nitriles is 1. The summed E-state index contributed by atoms with van der Waals surface area (Å²) in [6.07, 6.45) is 3.18. The molecule has 0 atom stereocenters. The SMILES string of the molecule is CCCc1nc(S/C(=C\c2cc(Br)ccc2OCc2ccccc2C#N)C(=O)O)n[nH]1. The van der Waals surface area contributed by atoms with Gasteiger partial charge in [-0.05, 0) is 48.5 Å². The Labute approximate surface area is 192 Å². The molecule has 7 nitrogen and oxygen atoms in total. The summed E-state index contributed by atoms with van der Waals surface area (Å²) in [5, 5.41) is 26.2. The smallest absolute Gasteiger partial charge is 0.342 e. The minimum absolute atomic E-state index is 0.0578. The van der Waals surface area contributed by atoms with Crippen molar-refractivity contribution < 1.29 is 14.6 Å². The van der Waals surface area contributed by atoms with Crippen LogP contribution in [0.5, 0.6) is 5.75 Å². The predicted molar refractivity (Wildman–Crippen MR) is 121 cm³/mol. The molecule has 0 aliphatic heterocycles. The fourth-order valence-electron chi connectivity index (χ4n) is 2.72. The first-order chi connectivity index (χ1) is 15.0. The molecule has 0 bridgehead atoms. The summed E-state index contributed by atoms with van der Waals surface area (Å²) in [4.78, 5) is 16.2. The standard InChI is InChI=1S/C22H19BrN4O3S/c1-2-5-20-25-22(27-26-20)31-19(21(28)29)11-16-10-17(23)8-9-18(16)30-13-15-7-4-3-6-14(15)12-24/h3-4,6-11H,2,5,13H2,1H3,(H,28,29)(H,25,26,27)/b19-11-. The molecule has 2 N–H and O–H groups in total. The number of aliphatic carboxylic acids is 1. The predicted octanol–water partition coefficient (Wildman–Crippen LogP) is 5.19. The van der Waals surface area contributed by atoms with Gasteiger partial charge in [-0.25, -0.2) is 9.78 Å². The molecule has 0 radical (unpaired) electrons. The number of nitrogens with zero attached hydrogens (tertiary/aromatic N) is 3. The lowest BCUT2D eigenvalue weighted by molar-refractivity contribution is -0.131. The minimum Gasteiger partial charge on any atom is -0.488 e. The number of thioether (sulfide) groups is 1. The van der Waals surface area contributed by atoms with E-state index in [9.17, 15) is 15.2 Å². The molecule has 0 aliphatic rings. The van der Waals surface area contributed by atoms with Gasteiger partial charge in [0.2, 0.25) is 5.16 Å². The highest BCUT2D eigenvalue weighted by Crippen LogP contribution is 2.31. The average molecular weight is 499 g/mol. The van der Waals surface area contributed by atoms with Crippen LogP contribution >= 0.6 is 27.7 Å². The molecule has 3 rings (SSSR count). The number of rotatable bonds is 9. The van der Waals surface area contributed by atoms with Crippen molar-refractivity contribution in [3.63, 3.8) is 0 Å². The average Bonchev–Trinajstić information content (AvgIpc) is 3.20. The number of hydrogen-bond donors (Lipinski definition) is 2. The molecule has 0 amide bonds. The van der Waals surface area contributed by atoms with E-state index in [1.807, 2.05) is 25.1 Å². The van der Waals surface area contributed by atoms with Crippen LogP contribution in [0.3, 0.4) is 0 Å². The lowest BCUT2D eigenvalue weighted by Gasteiger charge is -2.11. The van der Waals surface area contributed by atoms with Crippen molar-refractivity contribution in [3.8, 4) is 11.8 Å². The zero-order chi connectivity index (χ0) is 22.2. The lowest BCUT2D eigenvalue weighted by Crippen LogP contribution is -2.01. The van der Waals surface area contributed by atoms with Gasteiger partial charge in [-0.15, -0.1) is 5.10 Å². The van der Waals surface area contributed by atoms with E-state index in [0.29, 0.717) is 22.0 Å². The Morgan fingerprint density at radius 3 is 2.90 bits per heavy atom. The van der Waals surface area contributed by atoms with Crippen molar-refractivity contribution in [2.75, 3.05) is 0 Å². The number of H-pyrrole nitrogens is 1. The van der Waals surface area contributed by atoms with Crippen molar-refractivity contribution in [2.24, 2.45) is 0 Å². The van der Waals surface area contributed by atoms with Crippen LogP contribution in [0.25, 0.3) is 6.08 Å². The van der Waals surface area contributed by atoms with E-state index in [1.165, 1.54) is 6.08 Å². The summed E-state index contributed by atoms with van der Waals surface area (Å²) in [5.41, 5.74) is 1.86. The van der Waals surface area contributed by atoms with Crippen molar-refractivity contribution in [3.05, 3.63) is 74.4 Å². The van der Waals surface area contributed by atoms with Crippen LogP contribution in [0.4, 0.5) is 0 Å². The third-order valence-electron chi connectivity index (χ3n) is 4.19. The number of carboxylic acid groups (broad SMARTS) is 1. The Morgan fingerprint density at radius 2 is 2.16 bits per heavy atom. The maximum absolute atomic E-state index is 11.9. The fourth-order valence-corrected chi connectivity index (χ4v) is 3.82. The largest absolute Gasteiger partial charge is 0.488 e. The molecule has 0 fully saturated rings. The highest BCUT2D eigenvalue weighted by molar-refractivity contribution is 9.10. The van der Waals surface area contributed by atoms with Crippen molar-refractivity contribution >= 4 is 39.7 Å². The molecule has 2 aromatic carbocycles. The Hall–Kier alpha value is -3.09. The molecule has 1 aromatic heterocycles. The van der Waals surface area contributed by atoms with Crippen LogP contribution < -0.4 is 4.74 Å². The van der Waals surface area contributed by atoms with E-state index in [2.05, 4.69) is 37.2 Å². The molecule has 0 unspecified atom stereocenters. The van der Waals surface area contributed by atoms with Crippen molar-refractivity contribution in [1.82, 2.24) is 15.2 Å².